The van der Waals surface area contributed by atoms with Crippen LogP contribution in [0.5, 0.6) is 0 Å². The molecular formula is C17H26O2. The van der Waals surface area contributed by atoms with Crippen molar-refractivity contribution in [2.24, 2.45) is 0 Å². The third-order valence-corrected chi connectivity index (χ3v) is 3.25. The van der Waals surface area contributed by atoms with Gasteiger partial charge in [-0.25, -0.2) is 4.79 Å². The van der Waals surface area contributed by atoms with Crippen molar-refractivity contribution in [2.75, 3.05) is 6.61 Å². The lowest BCUT2D eigenvalue weighted by Gasteiger charge is -2.22. The first-order valence-corrected chi connectivity index (χ1v) is 7.14. The number of carbonyl (C=O) groups excluding carboxylic acids is 1. The minimum Gasteiger partial charge on any atom is -0.462 e. The zero-order valence-electron chi connectivity index (χ0n) is 12.9. The van der Waals surface area contributed by atoms with Crippen LogP contribution in [-0.2, 0) is 10.2 Å². The molecule has 0 aliphatic carbocycles. The summed E-state index contributed by atoms with van der Waals surface area (Å²) in [5.41, 5.74) is 3.18. The molecule has 19 heavy (non-hydrogen) atoms. The molecule has 0 heterocycles. The first kappa shape index (κ1) is 15.7. The first-order valence-electron chi connectivity index (χ1n) is 7.14. The summed E-state index contributed by atoms with van der Waals surface area (Å²) >= 11 is 0. The highest BCUT2D eigenvalue weighted by molar-refractivity contribution is 5.89. The number of unbranched alkanes of at least 4 members (excludes halogenated alkanes) is 2. The maximum atomic E-state index is 11.9. The lowest BCUT2D eigenvalue weighted by atomic mass is 9.83. The Bertz CT molecular complexity index is 427. The second-order valence-corrected chi connectivity index (χ2v) is 6.12. The standard InChI is InChI=1S/C17H26O2/c1-6-7-8-11-19-16(18)14-9-10-15(13(2)12-14)17(3,4)5/h9-10,12H,6-8,11H2,1-5H3. The van der Waals surface area contributed by atoms with Crippen LogP contribution >= 0.6 is 0 Å². The third kappa shape index (κ3) is 4.70. The van der Waals surface area contributed by atoms with Gasteiger partial charge in [-0.15, -0.1) is 0 Å². The van der Waals surface area contributed by atoms with Crippen LogP contribution in [-0.4, -0.2) is 12.6 Å². The summed E-state index contributed by atoms with van der Waals surface area (Å²) in [6.07, 6.45) is 3.19. The molecule has 1 aromatic carbocycles. The van der Waals surface area contributed by atoms with Crippen molar-refractivity contribution in [1.29, 1.82) is 0 Å². The third-order valence-electron chi connectivity index (χ3n) is 3.25. The molecule has 0 aliphatic heterocycles. The van der Waals surface area contributed by atoms with Gasteiger partial charge >= 0.3 is 5.97 Å². The van der Waals surface area contributed by atoms with E-state index < -0.39 is 0 Å². The number of hydrogen-bond acceptors (Lipinski definition) is 2. The predicted octanol–water partition coefficient (Wildman–Crippen LogP) is 4.64. The lowest BCUT2D eigenvalue weighted by molar-refractivity contribution is 0.0498. The summed E-state index contributed by atoms with van der Waals surface area (Å²) in [4.78, 5) is 11.9. The molecule has 106 valence electrons. The number of esters is 1. The van der Waals surface area contributed by atoms with Gasteiger partial charge in [0.25, 0.3) is 0 Å². The smallest absolute Gasteiger partial charge is 0.338 e. The fraction of sp³-hybridized carbons (Fsp3) is 0.588. The van der Waals surface area contributed by atoms with Crippen molar-refractivity contribution >= 4 is 5.97 Å². The Kier molecular flexibility index (Phi) is 5.59. The maximum Gasteiger partial charge on any atom is 0.338 e. The van der Waals surface area contributed by atoms with Crippen molar-refractivity contribution in [2.45, 2.75) is 59.3 Å². The lowest BCUT2D eigenvalue weighted by Crippen LogP contribution is -2.14. The van der Waals surface area contributed by atoms with E-state index in [1.807, 2.05) is 18.2 Å². The Balaban J connectivity index is 2.70. The zero-order chi connectivity index (χ0) is 14.5. The van der Waals surface area contributed by atoms with E-state index in [2.05, 4.69) is 34.6 Å². The van der Waals surface area contributed by atoms with E-state index in [9.17, 15) is 4.79 Å². The quantitative estimate of drug-likeness (QED) is 0.571. The van der Waals surface area contributed by atoms with E-state index in [4.69, 9.17) is 4.74 Å². The molecule has 0 spiro atoms. The molecule has 2 nitrogen and oxygen atoms in total. The molecule has 0 amide bonds. The minimum absolute atomic E-state index is 0.105. The van der Waals surface area contributed by atoms with E-state index in [0.29, 0.717) is 12.2 Å². The van der Waals surface area contributed by atoms with Gasteiger partial charge in [-0.05, 0) is 42.0 Å². The molecule has 0 aromatic heterocycles. The molecule has 0 bridgehead atoms. The SMILES string of the molecule is CCCCCOC(=O)c1ccc(C(C)(C)C)c(C)c1. The molecule has 0 saturated heterocycles. The van der Waals surface area contributed by atoms with Gasteiger partial charge in [-0.1, -0.05) is 46.6 Å². The van der Waals surface area contributed by atoms with Gasteiger partial charge < -0.3 is 4.74 Å². The van der Waals surface area contributed by atoms with Crippen molar-refractivity contribution in [1.82, 2.24) is 0 Å². The molecule has 0 N–H and O–H groups in total. The second-order valence-electron chi connectivity index (χ2n) is 6.12. The van der Waals surface area contributed by atoms with Crippen LogP contribution in [0.15, 0.2) is 18.2 Å². The monoisotopic (exact) mass is 262 g/mol. The van der Waals surface area contributed by atoms with Crippen molar-refractivity contribution < 1.29 is 9.53 Å². The highest BCUT2D eigenvalue weighted by Gasteiger charge is 2.17. The molecule has 2 heteroatoms. The molecule has 1 aromatic rings. The molecule has 0 fully saturated rings. The van der Waals surface area contributed by atoms with E-state index in [1.54, 1.807) is 0 Å². The average molecular weight is 262 g/mol. The maximum absolute atomic E-state index is 11.9. The van der Waals surface area contributed by atoms with Crippen LogP contribution in [0.4, 0.5) is 0 Å². The first-order chi connectivity index (χ1) is 8.86. The van der Waals surface area contributed by atoms with Gasteiger partial charge in [-0.3, -0.25) is 0 Å². The summed E-state index contributed by atoms with van der Waals surface area (Å²) in [5.74, 6) is -0.209. The van der Waals surface area contributed by atoms with Crippen LogP contribution < -0.4 is 0 Å². The van der Waals surface area contributed by atoms with E-state index >= 15 is 0 Å². The zero-order valence-corrected chi connectivity index (χ0v) is 12.9. The summed E-state index contributed by atoms with van der Waals surface area (Å²) in [5, 5.41) is 0. The Morgan fingerprint density at radius 1 is 1.21 bits per heavy atom. The minimum atomic E-state index is -0.209. The highest BCUT2D eigenvalue weighted by Crippen LogP contribution is 2.26. The number of benzene rings is 1. The summed E-state index contributed by atoms with van der Waals surface area (Å²) in [6, 6.07) is 5.84. The second kappa shape index (κ2) is 6.74. The highest BCUT2D eigenvalue weighted by atomic mass is 16.5. The molecule has 1 rings (SSSR count). The summed E-state index contributed by atoms with van der Waals surface area (Å²) < 4.78 is 5.27. The van der Waals surface area contributed by atoms with Gasteiger partial charge in [-0.2, -0.15) is 0 Å². The van der Waals surface area contributed by atoms with E-state index in [-0.39, 0.29) is 11.4 Å². The van der Waals surface area contributed by atoms with Gasteiger partial charge in [0.05, 0.1) is 12.2 Å². The normalized spacial score (nSPS) is 11.4. The number of ether oxygens (including phenoxy) is 1. The topological polar surface area (TPSA) is 26.3 Å². The molecule has 0 unspecified atom stereocenters. The van der Waals surface area contributed by atoms with Crippen LogP contribution in [0.3, 0.4) is 0 Å². The van der Waals surface area contributed by atoms with Crippen molar-refractivity contribution in [3.63, 3.8) is 0 Å². The summed E-state index contributed by atoms with van der Waals surface area (Å²) in [6.45, 7) is 11.2. The Labute approximate surface area is 117 Å². The number of rotatable bonds is 5. The van der Waals surface area contributed by atoms with Crippen LogP contribution in [0, 0.1) is 6.92 Å². The average Bonchev–Trinajstić information content (AvgIpc) is 2.32. The molecule has 0 saturated carbocycles. The van der Waals surface area contributed by atoms with Crippen LogP contribution in [0.2, 0.25) is 0 Å². The summed E-state index contributed by atoms with van der Waals surface area (Å²) in [7, 11) is 0. The van der Waals surface area contributed by atoms with Gasteiger partial charge in [0.2, 0.25) is 0 Å². The molecule has 0 radical (unpaired) electrons. The number of hydrogen-bond donors (Lipinski definition) is 0. The predicted molar refractivity (Wildman–Crippen MR) is 79.7 cm³/mol. The molecule has 0 atom stereocenters. The van der Waals surface area contributed by atoms with Gasteiger partial charge in [0.15, 0.2) is 0 Å². The molecular weight excluding hydrogens is 236 g/mol. The van der Waals surface area contributed by atoms with E-state index in [0.717, 1.165) is 24.8 Å². The molecule has 0 aliphatic rings. The van der Waals surface area contributed by atoms with E-state index in [1.165, 1.54) is 5.56 Å². The van der Waals surface area contributed by atoms with Crippen molar-refractivity contribution in [3.05, 3.63) is 34.9 Å². The van der Waals surface area contributed by atoms with Crippen LogP contribution in [0.25, 0.3) is 0 Å². The fourth-order valence-electron chi connectivity index (χ4n) is 2.23. The van der Waals surface area contributed by atoms with Gasteiger partial charge in [0.1, 0.15) is 0 Å². The Morgan fingerprint density at radius 3 is 2.42 bits per heavy atom. The Morgan fingerprint density at radius 2 is 1.89 bits per heavy atom. The largest absolute Gasteiger partial charge is 0.462 e. The van der Waals surface area contributed by atoms with Crippen molar-refractivity contribution in [3.8, 4) is 0 Å². The van der Waals surface area contributed by atoms with Gasteiger partial charge in [0, 0.05) is 0 Å². The number of aryl methyl sites for hydroxylation is 1. The van der Waals surface area contributed by atoms with Crippen LogP contribution in [0.1, 0.15) is 68.4 Å². The number of carbonyl (C=O) groups is 1. The fourth-order valence-corrected chi connectivity index (χ4v) is 2.23. The Hall–Kier alpha value is -1.31.